The molecule has 1 amide bonds. The van der Waals surface area contributed by atoms with Crippen LogP contribution in [0.1, 0.15) is 10.4 Å². The van der Waals surface area contributed by atoms with Crippen LogP contribution in [0.3, 0.4) is 0 Å². The third-order valence-electron chi connectivity index (χ3n) is 2.82. The zero-order valence-corrected chi connectivity index (χ0v) is 9.59. The normalized spacial score (nSPS) is 10.4. The van der Waals surface area contributed by atoms with Gasteiger partial charge in [-0.15, -0.1) is 0 Å². The molecule has 1 heterocycles. The van der Waals surface area contributed by atoms with Gasteiger partial charge in [0.1, 0.15) is 6.26 Å². The van der Waals surface area contributed by atoms with E-state index in [1.165, 1.54) is 12.5 Å². The maximum absolute atomic E-state index is 11.9. The van der Waals surface area contributed by atoms with Crippen molar-refractivity contribution in [2.75, 3.05) is 5.32 Å². The fraction of sp³-hybridized carbons (Fsp3) is 0. The van der Waals surface area contributed by atoms with Gasteiger partial charge in [-0.05, 0) is 17.5 Å². The fourth-order valence-electron chi connectivity index (χ4n) is 1.92. The maximum Gasteiger partial charge on any atom is 0.258 e. The van der Waals surface area contributed by atoms with Gasteiger partial charge in [-0.25, -0.2) is 0 Å². The Kier molecular flexibility index (Phi) is 2.57. The van der Waals surface area contributed by atoms with Crippen LogP contribution in [0.5, 0.6) is 0 Å². The van der Waals surface area contributed by atoms with Gasteiger partial charge in [-0.2, -0.15) is 0 Å². The zero-order valence-electron chi connectivity index (χ0n) is 9.59. The van der Waals surface area contributed by atoms with Gasteiger partial charge in [0.15, 0.2) is 0 Å². The Hall–Kier alpha value is -2.55. The zero-order chi connectivity index (χ0) is 12.4. The Morgan fingerprint density at radius 1 is 1.00 bits per heavy atom. The summed E-state index contributed by atoms with van der Waals surface area (Å²) in [7, 11) is 0. The number of benzene rings is 2. The van der Waals surface area contributed by atoms with Gasteiger partial charge in [0, 0.05) is 11.1 Å². The molecular weight excluding hydrogens is 226 g/mol. The van der Waals surface area contributed by atoms with Gasteiger partial charge in [0.05, 0.1) is 11.8 Å². The maximum atomic E-state index is 11.9. The van der Waals surface area contributed by atoms with Crippen LogP contribution in [-0.2, 0) is 0 Å². The van der Waals surface area contributed by atoms with Gasteiger partial charge >= 0.3 is 0 Å². The number of carbonyl (C=O) groups is 1. The average molecular weight is 237 g/mol. The minimum atomic E-state index is -0.167. The number of fused-ring (bicyclic) bond motifs is 1. The number of amides is 1. The molecule has 0 atom stereocenters. The van der Waals surface area contributed by atoms with Crippen LogP contribution in [0, 0.1) is 0 Å². The highest BCUT2D eigenvalue weighted by Gasteiger charge is 2.08. The van der Waals surface area contributed by atoms with Crippen LogP contribution < -0.4 is 5.32 Å². The molecule has 3 rings (SSSR count). The van der Waals surface area contributed by atoms with Gasteiger partial charge in [-0.1, -0.05) is 36.4 Å². The second kappa shape index (κ2) is 4.37. The van der Waals surface area contributed by atoms with E-state index in [1.54, 1.807) is 6.07 Å². The molecule has 0 radical (unpaired) electrons. The summed E-state index contributed by atoms with van der Waals surface area (Å²) in [5.41, 5.74) is 1.32. The van der Waals surface area contributed by atoms with Crippen molar-refractivity contribution in [1.29, 1.82) is 0 Å². The van der Waals surface area contributed by atoms with Crippen LogP contribution >= 0.6 is 0 Å². The smallest absolute Gasteiger partial charge is 0.258 e. The molecule has 0 unspecified atom stereocenters. The van der Waals surface area contributed by atoms with Gasteiger partial charge in [-0.3, -0.25) is 4.79 Å². The van der Waals surface area contributed by atoms with E-state index < -0.39 is 0 Å². The Labute approximate surface area is 104 Å². The minimum Gasteiger partial charge on any atom is -0.472 e. The first-order valence-electron chi connectivity index (χ1n) is 5.66. The van der Waals surface area contributed by atoms with Crippen molar-refractivity contribution in [1.82, 2.24) is 0 Å². The molecule has 0 spiro atoms. The molecule has 0 fully saturated rings. The predicted molar refractivity (Wildman–Crippen MR) is 70.6 cm³/mol. The number of hydrogen-bond donors (Lipinski definition) is 1. The second-order valence-electron chi connectivity index (χ2n) is 3.99. The SMILES string of the molecule is O=C(Nc1cccc2ccccc12)c1ccoc1. The highest BCUT2D eigenvalue weighted by molar-refractivity contribution is 6.08. The summed E-state index contributed by atoms with van der Waals surface area (Å²) >= 11 is 0. The number of carbonyl (C=O) groups excluding carboxylic acids is 1. The minimum absolute atomic E-state index is 0.167. The molecule has 0 saturated carbocycles. The van der Waals surface area contributed by atoms with E-state index in [2.05, 4.69) is 5.32 Å². The number of hydrogen-bond acceptors (Lipinski definition) is 2. The lowest BCUT2D eigenvalue weighted by molar-refractivity contribution is 0.102. The molecule has 0 aliphatic rings. The Bertz CT molecular complexity index is 681. The molecular formula is C15H11NO2. The van der Waals surface area contributed by atoms with Crippen molar-refractivity contribution < 1.29 is 9.21 Å². The van der Waals surface area contributed by atoms with Gasteiger partial charge in [0.25, 0.3) is 5.91 Å². The van der Waals surface area contributed by atoms with Crippen LogP contribution in [0.15, 0.2) is 65.5 Å². The van der Waals surface area contributed by atoms with E-state index in [9.17, 15) is 4.79 Å². The second-order valence-corrected chi connectivity index (χ2v) is 3.99. The Morgan fingerprint density at radius 3 is 2.67 bits per heavy atom. The molecule has 3 heteroatoms. The highest BCUT2D eigenvalue weighted by Crippen LogP contribution is 2.23. The standard InChI is InChI=1S/C15H11NO2/c17-15(12-8-9-18-10-12)16-14-7-3-5-11-4-1-2-6-13(11)14/h1-10H,(H,16,17). The monoisotopic (exact) mass is 237 g/mol. The van der Waals surface area contributed by atoms with Crippen molar-refractivity contribution in [3.63, 3.8) is 0 Å². The van der Waals surface area contributed by atoms with Crippen LogP contribution in [0.25, 0.3) is 10.8 Å². The van der Waals surface area contributed by atoms with Crippen molar-refractivity contribution in [2.45, 2.75) is 0 Å². The number of rotatable bonds is 2. The summed E-state index contributed by atoms with van der Waals surface area (Å²) < 4.78 is 4.90. The molecule has 88 valence electrons. The third kappa shape index (κ3) is 1.86. The summed E-state index contributed by atoms with van der Waals surface area (Å²) in [6.45, 7) is 0. The van der Waals surface area contributed by atoms with Crippen molar-refractivity contribution >= 4 is 22.4 Å². The quantitative estimate of drug-likeness (QED) is 0.738. The molecule has 1 N–H and O–H groups in total. The molecule has 3 aromatic rings. The highest BCUT2D eigenvalue weighted by atomic mass is 16.3. The molecule has 18 heavy (non-hydrogen) atoms. The molecule has 2 aromatic carbocycles. The largest absolute Gasteiger partial charge is 0.472 e. The first kappa shape index (κ1) is 10.6. The molecule has 3 nitrogen and oxygen atoms in total. The lowest BCUT2D eigenvalue weighted by Crippen LogP contribution is -2.10. The summed E-state index contributed by atoms with van der Waals surface area (Å²) in [5.74, 6) is -0.167. The summed E-state index contributed by atoms with van der Waals surface area (Å²) in [6.07, 6.45) is 2.92. The fourth-order valence-corrected chi connectivity index (χ4v) is 1.92. The number of anilines is 1. The van der Waals surface area contributed by atoms with E-state index in [0.29, 0.717) is 5.56 Å². The molecule has 0 aliphatic heterocycles. The first-order valence-corrected chi connectivity index (χ1v) is 5.66. The van der Waals surface area contributed by atoms with E-state index in [1.807, 2.05) is 42.5 Å². The van der Waals surface area contributed by atoms with E-state index >= 15 is 0 Å². The Morgan fingerprint density at radius 2 is 1.83 bits per heavy atom. The van der Waals surface area contributed by atoms with Crippen LogP contribution in [-0.4, -0.2) is 5.91 Å². The summed E-state index contributed by atoms with van der Waals surface area (Å²) in [5, 5.41) is 5.01. The van der Waals surface area contributed by atoms with Crippen molar-refractivity contribution in [3.05, 3.63) is 66.6 Å². The van der Waals surface area contributed by atoms with E-state index in [0.717, 1.165) is 16.5 Å². The van der Waals surface area contributed by atoms with E-state index in [4.69, 9.17) is 4.42 Å². The third-order valence-corrected chi connectivity index (χ3v) is 2.82. The topological polar surface area (TPSA) is 42.2 Å². The molecule has 0 bridgehead atoms. The summed E-state index contributed by atoms with van der Waals surface area (Å²) in [6, 6.07) is 15.4. The van der Waals surface area contributed by atoms with Crippen molar-refractivity contribution in [2.24, 2.45) is 0 Å². The first-order chi connectivity index (χ1) is 8.84. The van der Waals surface area contributed by atoms with Crippen LogP contribution in [0.4, 0.5) is 5.69 Å². The molecule has 0 aliphatic carbocycles. The molecule has 1 aromatic heterocycles. The van der Waals surface area contributed by atoms with E-state index in [-0.39, 0.29) is 5.91 Å². The summed E-state index contributed by atoms with van der Waals surface area (Å²) in [4.78, 5) is 11.9. The number of nitrogens with one attached hydrogen (secondary N) is 1. The lowest BCUT2D eigenvalue weighted by atomic mass is 10.1. The van der Waals surface area contributed by atoms with Crippen molar-refractivity contribution in [3.8, 4) is 0 Å². The number of furan rings is 1. The lowest BCUT2D eigenvalue weighted by Gasteiger charge is -2.07. The predicted octanol–water partition coefficient (Wildman–Crippen LogP) is 3.69. The van der Waals surface area contributed by atoms with Gasteiger partial charge < -0.3 is 9.73 Å². The Balaban J connectivity index is 1.98. The van der Waals surface area contributed by atoms with Crippen LogP contribution in [0.2, 0.25) is 0 Å². The van der Waals surface area contributed by atoms with Gasteiger partial charge in [0.2, 0.25) is 0 Å². The average Bonchev–Trinajstić information content (AvgIpc) is 2.93. The molecule has 0 saturated heterocycles.